The number of ether oxygens (including phenoxy) is 8. The molecule has 5 aliphatic rings. The number of carbonyl (C=O) groups excluding carboxylic acids is 2. The molecule has 9 rings (SSSR count). The van der Waals surface area contributed by atoms with Gasteiger partial charge in [0, 0.05) is 30.9 Å². The van der Waals surface area contributed by atoms with E-state index in [-0.39, 0.29) is 18.5 Å². The Bertz CT molecular complexity index is 2140. The summed E-state index contributed by atoms with van der Waals surface area (Å²) in [7, 11) is 0. The maximum atomic E-state index is 12.9. The minimum absolute atomic E-state index is 0.000723. The third-order valence-electron chi connectivity index (χ3n) is 13.1. The normalized spacial score (nSPS) is 24.8. The van der Waals surface area contributed by atoms with Crippen molar-refractivity contribution in [2.75, 3.05) is 13.2 Å². The number of esters is 2. The summed E-state index contributed by atoms with van der Waals surface area (Å²) in [6.07, 6.45) is 17.8. The molecule has 64 heavy (non-hydrogen) atoms. The van der Waals surface area contributed by atoms with E-state index in [9.17, 15) is 9.59 Å². The second-order valence-corrected chi connectivity index (χ2v) is 18.0. The monoisotopic (exact) mass is 868 g/mol. The van der Waals surface area contributed by atoms with Crippen LogP contribution in [0.1, 0.15) is 113 Å². The Morgan fingerprint density at radius 1 is 0.578 bits per heavy atom. The molecule has 0 spiro atoms. The highest BCUT2D eigenvalue weighted by molar-refractivity contribution is 5.90. The van der Waals surface area contributed by atoms with Crippen molar-refractivity contribution >= 4 is 24.1 Å². The highest BCUT2D eigenvalue weighted by Gasteiger charge is 2.45. The molecule has 4 aromatic carbocycles. The van der Waals surface area contributed by atoms with Crippen LogP contribution >= 0.6 is 0 Å². The summed E-state index contributed by atoms with van der Waals surface area (Å²) < 4.78 is 47.6. The number of benzene rings is 4. The van der Waals surface area contributed by atoms with E-state index >= 15 is 0 Å². The fourth-order valence-electron chi connectivity index (χ4n) is 9.42. The van der Waals surface area contributed by atoms with Gasteiger partial charge in [0.25, 0.3) is 0 Å². The van der Waals surface area contributed by atoms with Crippen molar-refractivity contribution in [3.63, 3.8) is 0 Å². The smallest absolute Gasteiger partial charge is 0.336 e. The predicted molar refractivity (Wildman–Crippen MR) is 244 cm³/mol. The zero-order chi connectivity index (χ0) is 44.0. The molecule has 336 valence electrons. The zero-order valence-corrected chi connectivity index (χ0v) is 37.2. The highest BCUT2D eigenvalue weighted by Crippen LogP contribution is 2.47. The number of hydrogen-bond acceptors (Lipinski definition) is 10. The van der Waals surface area contributed by atoms with E-state index in [2.05, 4.69) is 20.8 Å². The van der Waals surface area contributed by atoms with Gasteiger partial charge in [-0.3, -0.25) is 0 Å². The zero-order valence-electron chi connectivity index (χ0n) is 37.2. The molecule has 10 heteroatoms. The highest BCUT2D eigenvalue weighted by atomic mass is 16.7. The predicted octanol–water partition coefficient (Wildman–Crippen LogP) is 11.2. The molecule has 2 aliphatic heterocycles. The van der Waals surface area contributed by atoms with Gasteiger partial charge in [0.05, 0.1) is 37.6 Å². The van der Waals surface area contributed by atoms with E-state index in [1.807, 2.05) is 84.9 Å². The molecule has 2 saturated heterocycles. The number of fused-ring (bicyclic) bond motifs is 5. The fraction of sp³-hybridized carbons (Fsp3) is 0.444. The first-order valence-electron chi connectivity index (χ1n) is 23.4. The van der Waals surface area contributed by atoms with Crippen molar-refractivity contribution in [2.45, 2.75) is 128 Å². The van der Waals surface area contributed by atoms with E-state index in [0.29, 0.717) is 61.0 Å². The van der Waals surface area contributed by atoms with Crippen LogP contribution in [-0.4, -0.2) is 62.1 Å². The summed E-state index contributed by atoms with van der Waals surface area (Å²) in [6, 6.07) is 26.6. The standard InChI is InChI=1S/C54H60O10/c1-4-6-53(57-32-37-12-24-47-49(28-37)63-47)61-39-16-8-35(9-17-39)14-26-51(55)59-41-20-22-43-44-23-21-42(31-46(44)34(3)45(43)30-41)60-52(56)27-15-36-10-18-40(19-11-36)62-54(7-5-2)58-33-38-13-25-48-50(29-38)64-48/h8-11,14-23,26-27,30-31,34,37-38,47-50,53-54H,4-7,12-13,24-25,28-29,32-33H2,1-3H3/b26-14+,27-15+. The molecule has 2 heterocycles. The van der Waals surface area contributed by atoms with Gasteiger partial charge in [0.15, 0.2) is 12.6 Å². The van der Waals surface area contributed by atoms with Crippen molar-refractivity contribution < 1.29 is 47.5 Å². The van der Waals surface area contributed by atoms with Gasteiger partial charge in [-0.1, -0.05) is 70.0 Å². The lowest BCUT2D eigenvalue weighted by atomic mass is 9.90. The molecule has 0 N–H and O–H groups in total. The molecule has 0 bridgehead atoms. The lowest BCUT2D eigenvalue weighted by Crippen LogP contribution is -2.26. The molecular formula is C54H60O10. The number of epoxide rings is 2. The molecule has 4 fully saturated rings. The molecule has 4 aromatic rings. The van der Waals surface area contributed by atoms with Crippen LogP contribution in [0.15, 0.2) is 97.1 Å². The Kier molecular flexibility index (Phi) is 13.9. The van der Waals surface area contributed by atoms with Gasteiger partial charge < -0.3 is 37.9 Å². The molecule has 8 unspecified atom stereocenters. The summed E-state index contributed by atoms with van der Waals surface area (Å²) in [6.45, 7) is 7.73. The third-order valence-corrected chi connectivity index (χ3v) is 13.1. The van der Waals surface area contributed by atoms with Crippen molar-refractivity contribution in [1.29, 1.82) is 0 Å². The van der Waals surface area contributed by atoms with Crippen molar-refractivity contribution in [2.24, 2.45) is 11.8 Å². The average Bonchev–Trinajstić information content (AvgIpc) is 4.24. The molecule has 8 atom stereocenters. The largest absolute Gasteiger partial charge is 0.465 e. The van der Waals surface area contributed by atoms with Crippen LogP contribution in [0, 0.1) is 11.8 Å². The van der Waals surface area contributed by atoms with Gasteiger partial charge >= 0.3 is 11.9 Å². The summed E-state index contributed by atoms with van der Waals surface area (Å²) in [5.41, 5.74) is 5.88. The molecule has 10 nitrogen and oxygen atoms in total. The Morgan fingerprint density at radius 3 is 1.41 bits per heavy atom. The van der Waals surface area contributed by atoms with Crippen LogP contribution < -0.4 is 18.9 Å². The lowest BCUT2D eigenvalue weighted by molar-refractivity contribution is -0.129. The van der Waals surface area contributed by atoms with Gasteiger partial charge in [-0.2, -0.15) is 0 Å². The van der Waals surface area contributed by atoms with E-state index < -0.39 is 11.9 Å². The lowest BCUT2D eigenvalue weighted by Gasteiger charge is -2.24. The number of hydrogen-bond donors (Lipinski definition) is 0. The first-order chi connectivity index (χ1) is 31.3. The van der Waals surface area contributed by atoms with E-state index in [1.165, 1.54) is 12.2 Å². The van der Waals surface area contributed by atoms with Crippen LogP contribution in [0.2, 0.25) is 0 Å². The Hall–Kier alpha value is -5.26. The van der Waals surface area contributed by atoms with Crippen LogP contribution in [-0.2, 0) is 28.5 Å². The summed E-state index contributed by atoms with van der Waals surface area (Å²) >= 11 is 0. The van der Waals surface area contributed by atoms with Crippen molar-refractivity contribution in [3.8, 4) is 34.1 Å². The van der Waals surface area contributed by atoms with Gasteiger partial charge in [-0.15, -0.1) is 0 Å². The van der Waals surface area contributed by atoms with Crippen molar-refractivity contribution in [1.82, 2.24) is 0 Å². The Morgan fingerprint density at radius 2 is 1.00 bits per heavy atom. The molecule has 0 radical (unpaired) electrons. The SMILES string of the molecule is CCCC(OCC1CCC2OC2C1)Oc1ccc(/C=C/C(=O)Oc2ccc3c(c2)C(C)c2cc(OC(=O)/C=C/c4ccc(OC(CCC)OCC5CCC6OC6C5)cc4)ccc2-3)cc1. The van der Waals surface area contributed by atoms with E-state index in [1.54, 1.807) is 12.2 Å². The summed E-state index contributed by atoms with van der Waals surface area (Å²) in [5.74, 6) is 2.48. The first-order valence-corrected chi connectivity index (χ1v) is 23.4. The maximum Gasteiger partial charge on any atom is 0.336 e. The average molecular weight is 869 g/mol. The maximum absolute atomic E-state index is 12.9. The first kappa shape index (κ1) is 44.0. The molecule has 2 saturated carbocycles. The molecule has 0 aromatic heterocycles. The number of carbonyl (C=O) groups is 2. The fourth-order valence-corrected chi connectivity index (χ4v) is 9.42. The topological polar surface area (TPSA) is 115 Å². The molecule has 0 amide bonds. The third kappa shape index (κ3) is 11.3. The minimum atomic E-state index is -0.472. The second-order valence-electron chi connectivity index (χ2n) is 18.0. The number of rotatable bonds is 20. The summed E-state index contributed by atoms with van der Waals surface area (Å²) in [5, 5.41) is 0. The van der Waals surface area contributed by atoms with Crippen LogP contribution in [0.5, 0.6) is 23.0 Å². The van der Waals surface area contributed by atoms with E-state index in [0.717, 1.165) is 109 Å². The second kappa shape index (κ2) is 20.3. The van der Waals surface area contributed by atoms with Crippen molar-refractivity contribution in [3.05, 3.63) is 119 Å². The van der Waals surface area contributed by atoms with Gasteiger partial charge in [0.1, 0.15) is 23.0 Å². The van der Waals surface area contributed by atoms with Gasteiger partial charge in [-0.05, 0) is 144 Å². The summed E-state index contributed by atoms with van der Waals surface area (Å²) in [4.78, 5) is 25.8. The molecule has 3 aliphatic carbocycles. The van der Waals surface area contributed by atoms with Crippen LogP contribution in [0.4, 0.5) is 0 Å². The van der Waals surface area contributed by atoms with Gasteiger partial charge in [0.2, 0.25) is 0 Å². The van der Waals surface area contributed by atoms with Gasteiger partial charge in [-0.25, -0.2) is 9.59 Å². The van der Waals surface area contributed by atoms with Crippen LogP contribution in [0.3, 0.4) is 0 Å². The van der Waals surface area contributed by atoms with E-state index in [4.69, 9.17) is 37.9 Å². The molecular weight excluding hydrogens is 809 g/mol. The minimum Gasteiger partial charge on any atom is -0.465 e. The Balaban J connectivity index is 0.730. The Labute approximate surface area is 376 Å². The van der Waals surface area contributed by atoms with Crippen LogP contribution in [0.25, 0.3) is 23.3 Å². The quantitative estimate of drug-likeness (QED) is 0.0279.